The van der Waals surface area contributed by atoms with Gasteiger partial charge in [-0.2, -0.15) is 13.2 Å². The maximum atomic E-state index is 12.2. The zero-order valence-corrected chi connectivity index (χ0v) is 11.8. The first-order valence-electron chi connectivity index (χ1n) is 6.33. The molecular weight excluding hydrogens is 289 g/mol. The number of ether oxygens (including phenoxy) is 1. The number of fused-ring (bicyclic) bond motifs is 1. The second-order valence-electron chi connectivity index (χ2n) is 4.38. The molecule has 1 heterocycles. The Balaban J connectivity index is 2.28. The average molecular weight is 304 g/mol. The van der Waals surface area contributed by atoms with Gasteiger partial charge in [0, 0.05) is 13.0 Å². The number of halogens is 3. The van der Waals surface area contributed by atoms with Gasteiger partial charge in [-0.15, -0.1) is 0 Å². The fourth-order valence-corrected chi connectivity index (χ4v) is 2.38. The van der Waals surface area contributed by atoms with Gasteiger partial charge in [-0.1, -0.05) is 6.07 Å². The summed E-state index contributed by atoms with van der Waals surface area (Å²) in [6, 6.07) is 5.42. The van der Waals surface area contributed by atoms with Gasteiger partial charge in [-0.25, -0.2) is 0 Å². The molecule has 0 saturated heterocycles. The lowest BCUT2D eigenvalue weighted by atomic mass is 10.2. The van der Waals surface area contributed by atoms with Gasteiger partial charge in [0.2, 0.25) is 0 Å². The van der Waals surface area contributed by atoms with E-state index in [1.807, 2.05) is 13.0 Å². The summed E-state index contributed by atoms with van der Waals surface area (Å²) in [4.78, 5) is 3.00. The summed E-state index contributed by atoms with van der Waals surface area (Å²) in [5.74, 6) is 0.658. The molecule has 1 N–H and O–H groups in total. The van der Waals surface area contributed by atoms with Crippen molar-refractivity contribution in [2.24, 2.45) is 0 Å². The number of aryl methyl sites for hydroxylation is 1. The predicted molar refractivity (Wildman–Crippen MR) is 73.6 cm³/mol. The lowest BCUT2D eigenvalue weighted by Gasteiger charge is -2.08. The zero-order valence-electron chi connectivity index (χ0n) is 11.0. The van der Waals surface area contributed by atoms with Crippen molar-refractivity contribution in [1.29, 1.82) is 0 Å². The van der Waals surface area contributed by atoms with E-state index >= 15 is 0 Å². The van der Waals surface area contributed by atoms with Gasteiger partial charge in [-0.3, -0.25) is 0 Å². The summed E-state index contributed by atoms with van der Waals surface area (Å²) >= 11 is 5.17. The van der Waals surface area contributed by atoms with Gasteiger partial charge in [-0.05, 0) is 37.7 Å². The van der Waals surface area contributed by atoms with Crippen LogP contribution < -0.4 is 4.74 Å². The molecule has 0 aliphatic rings. The second kappa shape index (κ2) is 5.87. The van der Waals surface area contributed by atoms with E-state index in [-0.39, 0.29) is 13.0 Å². The number of aromatic amines is 1. The number of hydrogen-bond acceptors (Lipinski definition) is 2. The van der Waals surface area contributed by atoms with Crippen molar-refractivity contribution in [1.82, 2.24) is 9.55 Å². The van der Waals surface area contributed by atoms with Crippen molar-refractivity contribution in [3.05, 3.63) is 23.0 Å². The monoisotopic (exact) mass is 304 g/mol. The number of imidazole rings is 1. The van der Waals surface area contributed by atoms with Crippen LogP contribution in [0.15, 0.2) is 18.2 Å². The minimum atomic E-state index is -4.13. The Morgan fingerprint density at radius 1 is 1.35 bits per heavy atom. The molecule has 0 bridgehead atoms. The fourth-order valence-electron chi connectivity index (χ4n) is 2.09. The average Bonchev–Trinajstić information content (AvgIpc) is 2.66. The molecule has 1 aromatic carbocycles. The number of nitrogens with one attached hydrogen (secondary N) is 1. The molecular formula is C13H15F3N2OS. The Morgan fingerprint density at radius 2 is 2.10 bits per heavy atom. The Morgan fingerprint density at radius 3 is 2.75 bits per heavy atom. The van der Waals surface area contributed by atoms with Gasteiger partial charge < -0.3 is 14.3 Å². The molecule has 2 aromatic rings. The maximum absolute atomic E-state index is 12.2. The predicted octanol–water partition coefficient (Wildman–Crippen LogP) is 4.44. The standard InChI is InChI=1S/C13H15F3N2OS/c1-2-19-10-6-3-5-9-11(10)17-12(20)18(9)8-4-7-13(14,15)16/h3,5-6H,2,4,7-8H2,1H3,(H,17,20). The lowest BCUT2D eigenvalue weighted by molar-refractivity contribution is -0.135. The highest BCUT2D eigenvalue weighted by Crippen LogP contribution is 2.26. The quantitative estimate of drug-likeness (QED) is 0.828. The van der Waals surface area contributed by atoms with E-state index in [0.29, 0.717) is 17.1 Å². The fraction of sp³-hybridized carbons (Fsp3) is 0.462. The van der Waals surface area contributed by atoms with Crippen LogP contribution in [0.2, 0.25) is 0 Å². The molecule has 0 saturated carbocycles. The van der Waals surface area contributed by atoms with Crippen LogP contribution in [0.1, 0.15) is 19.8 Å². The van der Waals surface area contributed by atoms with Crippen LogP contribution in [-0.2, 0) is 6.54 Å². The molecule has 0 aliphatic carbocycles. The number of nitrogens with zero attached hydrogens (tertiary/aromatic N) is 1. The molecule has 0 unspecified atom stereocenters. The lowest BCUT2D eigenvalue weighted by Crippen LogP contribution is -2.09. The third kappa shape index (κ3) is 3.33. The topological polar surface area (TPSA) is 29.9 Å². The van der Waals surface area contributed by atoms with Crippen LogP contribution in [0.25, 0.3) is 11.0 Å². The molecule has 0 radical (unpaired) electrons. The van der Waals surface area contributed by atoms with Crippen molar-refractivity contribution in [2.45, 2.75) is 32.5 Å². The molecule has 0 fully saturated rings. The van der Waals surface area contributed by atoms with Gasteiger partial charge in [0.05, 0.1) is 12.1 Å². The first-order chi connectivity index (χ1) is 9.42. The normalized spacial score (nSPS) is 12.0. The number of benzene rings is 1. The Hall–Kier alpha value is -1.50. The SMILES string of the molecule is CCOc1cccc2c1[nH]c(=S)n2CCCC(F)(F)F. The zero-order chi connectivity index (χ0) is 14.8. The summed E-state index contributed by atoms with van der Waals surface area (Å²) in [5, 5.41) is 0. The molecule has 20 heavy (non-hydrogen) atoms. The highest BCUT2D eigenvalue weighted by molar-refractivity contribution is 7.71. The van der Waals surface area contributed by atoms with Crippen molar-refractivity contribution < 1.29 is 17.9 Å². The number of hydrogen-bond donors (Lipinski definition) is 1. The molecule has 0 atom stereocenters. The summed E-state index contributed by atoms with van der Waals surface area (Å²) < 4.78 is 44.2. The first kappa shape index (κ1) is 14.9. The minimum Gasteiger partial charge on any atom is -0.492 e. The highest BCUT2D eigenvalue weighted by Gasteiger charge is 2.26. The van der Waals surface area contributed by atoms with Crippen LogP contribution in [0.5, 0.6) is 5.75 Å². The van der Waals surface area contributed by atoms with Gasteiger partial charge in [0.15, 0.2) is 4.77 Å². The van der Waals surface area contributed by atoms with E-state index < -0.39 is 12.6 Å². The van der Waals surface area contributed by atoms with E-state index in [1.165, 1.54) is 0 Å². The van der Waals surface area contributed by atoms with Crippen LogP contribution in [0, 0.1) is 4.77 Å². The molecule has 0 amide bonds. The van der Waals surface area contributed by atoms with Gasteiger partial charge in [0.1, 0.15) is 11.3 Å². The molecule has 1 aromatic heterocycles. The van der Waals surface area contributed by atoms with Crippen molar-refractivity contribution >= 4 is 23.3 Å². The maximum Gasteiger partial charge on any atom is 0.389 e. The third-order valence-electron chi connectivity index (χ3n) is 2.91. The Bertz CT molecular complexity index is 645. The Kier molecular flexibility index (Phi) is 4.37. The number of aromatic nitrogens is 2. The van der Waals surface area contributed by atoms with Crippen LogP contribution in [-0.4, -0.2) is 22.3 Å². The van der Waals surface area contributed by atoms with Crippen molar-refractivity contribution in [3.8, 4) is 5.75 Å². The van der Waals surface area contributed by atoms with E-state index in [1.54, 1.807) is 16.7 Å². The number of para-hydroxylation sites is 1. The smallest absolute Gasteiger partial charge is 0.389 e. The largest absolute Gasteiger partial charge is 0.492 e. The van der Waals surface area contributed by atoms with Gasteiger partial charge >= 0.3 is 6.18 Å². The molecule has 0 spiro atoms. The van der Waals surface area contributed by atoms with Gasteiger partial charge in [0.25, 0.3) is 0 Å². The van der Waals surface area contributed by atoms with E-state index in [2.05, 4.69) is 4.98 Å². The highest BCUT2D eigenvalue weighted by atomic mass is 32.1. The van der Waals surface area contributed by atoms with Crippen LogP contribution in [0.3, 0.4) is 0 Å². The second-order valence-corrected chi connectivity index (χ2v) is 4.77. The summed E-state index contributed by atoms with van der Waals surface area (Å²) in [6.07, 6.45) is -4.94. The number of rotatable bonds is 5. The van der Waals surface area contributed by atoms with Crippen molar-refractivity contribution in [2.75, 3.05) is 6.61 Å². The molecule has 2 rings (SSSR count). The summed E-state index contributed by atoms with van der Waals surface area (Å²) in [7, 11) is 0. The molecule has 0 aliphatic heterocycles. The van der Waals surface area contributed by atoms with Crippen molar-refractivity contribution in [3.63, 3.8) is 0 Å². The summed E-state index contributed by atoms with van der Waals surface area (Å²) in [6.45, 7) is 2.61. The minimum absolute atomic E-state index is 0.00359. The Labute approximate surface area is 119 Å². The van der Waals surface area contributed by atoms with Crippen LogP contribution in [0.4, 0.5) is 13.2 Å². The number of H-pyrrole nitrogens is 1. The first-order valence-corrected chi connectivity index (χ1v) is 6.74. The summed E-state index contributed by atoms with van der Waals surface area (Å²) in [5.41, 5.74) is 1.49. The van der Waals surface area contributed by atoms with E-state index in [0.717, 1.165) is 11.0 Å². The molecule has 110 valence electrons. The number of alkyl halides is 3. The van der Waals surface area contributed by atoms with E-state index in [4.69, 9.17) is 17.0 Å². The third-order valence-corrected chi connectivity index (χ3v) is 3.24. The molecule has 3 nitrogen and oxygen atoms in total. The molecule has 7 heteroatoms. The van der Waals surface area contributed by atoms with Crippen LogP contribution >= 0.6 is 12.2 Å². The van der Waals surface area contributed by atoms with E-state index in [9.17, 15) is 13.2 Å².